The smallest absolute Gasteiger partial charge is 0.234 e. The highest BCUT2D eigenvalue weighted by Crippen LogP contribution is 2.44. The molecule has 0 bridgehead atoms. The Labute approximate surface area is 199 Å². The number of anilines is 1. The highest BCUT2D eigenvalue weighted by Gasteiger charge is 2.37. The SMILES string of the molecule is CCc1ccc(NC(=O)CSC2=C(C#N)[C@H](c3ccc(C)cc3)C3=C(CCCC3=O)N2)cc1. The number of rotatable bonds is 6. The number of carbonyl (C=O) groups excluding carboxylic acids is 2. The van der Waals surface area contributed by atoms with Gasteiger partial charge in [-0.15, -0.1) is 0 Å². The standard InChI is InChI=1S/C27H27N3O2S/c1-3-18-9-13-20(14-10-18)29-24(32)16-33-27-21(15-28)25(19-11-7-17(2)8-12-19)26-22(30-27)5-4-6-23(26)31/h7-14,25,30H,3-6,16H2,1-2H3,(H,29,32)/t25-/m0/s1. The van der Waals surface area contributed by atoms with Crippen LogP contribution in [0.2, 0.25) is 0 Å². The minimum absolute atomic E-state index is 0.0967. The van der Waals surface area contributed by atoms with Crippen LogP contribution in [0.4, 0.5) is 5.69 Å². The number of dihydropyridines is 1. The van der Waals surface area contributed by atoms with Crippen molar-refractivity contribution in [1.82, 2.24) is 5.32 Å². The second-order valence-electron chi connectivity index (χ2n) is 8.38. The molecule has 6 heteroatoms. The van der Waals surface area contributed by atoms with Crippen molar-refractivity contribution in [2.45, 2.75) is 45.4 Å². The van der Waals surface area contributed by atoms with Crippen molar-refractivity contribution >= 4 is 29.1 Å². The van der Waals surface area contributed by atoms with Crippen molar-refractivity contribution in [1.29, 1.82) is 5.26 Å². The lowest BCUT2D eigenvalue weighted by molar-refractivity contribution is -0.116. The van der Waals surface area contributed by atoms with Crippen LogP contribution >= 0.6 is 11.8 Å². The lowest BCUT2D eigenvalue weighted by atomic mass is 9.77. The van der Waals surface area contributed by atoms with Gasteiger partial charge in [0.05, 0.1) is 28.3 Å². The number of nitrogens with zero attached hydrogens (tertiary/aromatic N) is 1. The van der Waals surface area contributed by atoms with Crippen molar-refractivity contribution in [2.24, 2.45) is 0 Å². The average Bonchev–Trinajstić information content (AvgIpc) is 2.83. The molecular weight excluding hydrogens is 430 g/mol. The van der Waals surface area contributed by atoms with Crippen molar-refractivity contribution < 1.29 is 9.59 Å². The van der Waals surface area contributed by atoms with Gasteiger partial charge >= 0.3 is 0 Å². The fourth-order valence-electron chi connectivity index (χ4n) is 4.29. The molecule has 0 unspecified atom stereocenters. The first-order valence-electron chi connectivity index (χ1n) is 11.3. The van der Waals surface area contributed by atoms with Gasteiger partial charge in [0, 0.05) is 23.4 Å². The molecule has 2 aromatic rings. The van der Waals surface area contributed by atoms with E-state index in [0.29, 0.717) is 22.6 Å². The quantitative estimate of drug-likeness (QED) is 0.610. The summed E-state index contributed by atoms with van der Waals surface area (Å²) in [6, 6.07) is 18.1. The Morgan fingerprint density at radius 3 is 2.55 bits per heavy atom. The summed E-state index contributed by atoms with van der Waals surface area (Å²) in [5.41, 5.74) is 6.10. The van der Waals surface area contributed by atoms with Crippen LogP contribution in [0.3, 0.4) is 0 Å². The van der Waals surface area contributed by atoms with Crippen LogP contribution in [-0.4, -0.2) is 17.4 Å². The largest absolute Gasteiger partial charge is 0.352 e. The molecule has 0 aromatic heterocycles. The molecule has 1 amide bonds. The van der Waals surface area contributed by atoms with Gasteiger partial charge in [-0.3, -0.25) is 9.59 Å². The zero-order chi connectivity index (χ0) is 23.4. The maximum absolute atomic E-state index is 12.9. The maximum atomic E-state index is 12.9. The van der Waals surface area contributed by atoms with Crippen LogP contribution in [0, 0.1) is 18.3 Å². The van der Waals surface area contributed by atoms with Gasteiger partial charge in [0.15, 0.2) is 5.78 Å². The van der Waals surface area contributed by atoms with Crippen LogP contribution in [0.25, 0.3) is 0 Å². The Morgan fingerprint density at radius 2 is 1.88 bits per heavy atom. The molecule has 33 heavy (non-hydrogen) atoms. The molecule has 4 rings (SSSR count). The maximum Gasteiger partial charge on any atom is 0.234 e. The van der Waals surface area contributed by atoms with Gasteiger partial charge in [-0.25, -0.2) is 0 Å². The summed E-state index contributed by atoms with van der Waals surface area (Å²) >= 11 is 1.31. The number of allylic oxidation sites excluding steroid dienone is 3. The van der Waals surface area contributed by atoms with Crippen molar-refractivity contribution in [3.8, 4) is 6.07 Å². The number of Topliss-reactive ketones (excluding diaryl/α,β-unsaturated/α-hetero) is 1. The Hall–Kier alpha value is -3.30. The van der Waals surface area contributed by atoms with Crippen LogP contribution in [0.15, 0.2) is 70.4 Å². The molecule has 0 spiro atoms. The van der Waals surface area contributed by atoms with Crippen molar-refractivity contribution in [3.05, 3.63) is 87.1 Å². The molecule has 0 fully saturated rings. The van der Waals surface area contributed by atoms with Gasteiger partial charge in [0.1, 0.15) is 0 Å². The number of hydrogen-bond acceptors (Lipinski definition) is 5. The third kappa shape index (κ3) is 5.04. The predicted octanol–water partition coefficient (Wildman–Crippen LogP) is 5.36. The molecule has 5 nitrogen and oxygen atoms in total. The average molecular weight is 458 g/mol. The van der Waals surface area contributed by atoms with Gasteiger partial charge in [0.2, 0.25) is 5.91 Å². The Kier molecular flexibility index (Phi) is 7.00. The Morgan fingerprint density at radius 1 is 1.15 bits per heavy atom. The van der Waals surface area contributed by atoms with E-state index in [1.807, 2.05) is 55.5 Å². The lowest BCUT2D eigenvalue weighted by Gasteiger charge is -2.33. The minimum atomic E-state index is -0.396. The van der Waals surface area contributed by atoms with Gasteiger partial charge in [0.25, 0.3) is 0 Å². The summed E-state index contributed by atoms with van der Waals surface area (Å²) in [6.07, 6.45) is 3.01. The van der Waals surface area contributed by atoms with E-state index in [2.05, 4.69) is 23.6 Å². The van der Waals surface area contributed by atoms with Crippen LogP contribution in [0.5, 0.6) is 0 Å². The van der Waals surface area contributed by atoms with E-state index in [1.54, 1.807) is 0 Å². The molecule has 1 aliphatic carbocycles. The van der Waals surface area contributed by atoms with Crippen molar-refractivity contribution in [2.75, 3.05) is 11.1 Å². The summed E-state index contributed by atoms with van der Waals surface area (Å²) in [6.45, 7) is 4.10. The first-order chi connectivity index (χ1) is 16.0. The topological polar surface area (TPSA) is 82.0 Å². The van der Waals surface area contributed by atoms with Crippen LogP contribution in [-0.2, 0) is 16.0 Å². The number of aryl methyl sites for hydroxylation is 2. The fourth-order valence-corrected chi connectivity index (χ4v) is 5.15. The number of carbonyl (C=O) groups is 2. The number of nitriles is 1. The zero-order valence-corrected chi connectivity index (χ0v) is 19.7. The van der Waals surface area contributed by atoms with Gasteiger partial charge in [-0.1, -0.05) is 60.6 Å². The number of amides is 1. The van der Waals surface area contributed by atoms with E-state index in [4.69, 9.17) is 0 Å². The predicted molar refractivity (Wildman–Crippen MR) is 132 cm³/mol. The molecule has 0 saturated carbocycles. The molecular formula is C27H27N3O2S. The molecule has 2 aliphatic rings. The highest BCUT2D eigenvalue weighted by atomic mass is 32.2. The van der Waals surface area contributed by atoms with Gasteiger partial charge in [-0.2, -0.15) is 5.26 Å². The summed E-state index contributed by atoms with van der Waals surface area (Å²) in [4.78, 5) is 25.5. The molecule has 1 atom stereocenters. The van der Waals surface area contributed by atoms with Crippen LogP contribution in [0.1, 0.15) is 48.8 Å². The number of ketones is 1. The first-order valence-corrected chi connectivity index (χ1v) is 12.2. The summed E-state index contributed by atoms with van der Waals surface area (Å²) in [5, 5.41) is 17.0. The summed E-state index contributed by atoms with van der Waals surface area (Å²) < 4.78 is 0. The number of thioether (sulfide) groups is 1. The van der Waals surface area contributed by atoms with E-state index >= 15 is 0 Å². The second kappa shape index (κ2) is 10.1. The summed E-state index contributed by atoms with van der Waals surface area (Å²) in [7, 11) is 0. The monoisotopic (exact) mass is 457 g/mol. The molecule has 0 saturated heterocycles. The Balaban J connectivity index is 1.57. The molecule has 168 valence electrons. The number of benzene rings is 2. The molecule has 1 heterocycles. The summed E-state index contributed by atoms with van der Waals surface area (Å²) in [5.74, 6) is -0.270. The van der Waals surface area contributed by atoms with E-state index in [0.717, 1.165) is 41.8 Å². The molecule has 2 N–H and O–H groups in total. The first kappa shape index (κ1) is 22.9. The number of hydrogen-bond donors (Lipinski definition) is 2. The van der Waals surface area contributed by atoms with E-state index in [1.165, 1.54) is 17.3 Å². The normalized spacial score (nSPS) is 17.8. The van der Waals surface area contributed by atoms with E-state index < -0.39 is 5.92 Å². The van der Waals surface area contributed by atoms with Crippen LogP contribution < -0.4 is 10.6 Å². The molecule has 2 aromatic carbocycles. The lowest BCUT2D eigenvalue weighted by Crippen LogP contribution is -2.31. The third-order valence-corrected chi connectivity index (χ3v) is 7.08. The second-order valence-corrected chi connectivity index (χ2v) is 9.37. The Bertz CT molecular complexity index is 1170. The van der Waals surface area contributed by atoms with E-state index in [9.17, 15) is 14.9 Å². The van der Waals surface area contributed by atoms with Gasteiger partial charge < -0.3 is 10.6 Å². The molecule has 0 radical (unpaired) electrons. The third-order valence-electron chi connectivity index (χ3n) is 6.07. The van der Waals surface area contributed by atoms with E-state index in [-0.39, 0.29) is 17.4 Å². The zero-order valence-electron chi connectivity index (χ0n) is 18.9. The molecule has 1 aliphatic heterocycles. The van der Waals surface area contributed by atoms with Crippen molar-refractivity contribution in [3.63, 3.8) is 0 Å². The fraction of sp³-hybridized carbons (Fsp3) is 0.296. The van der Waals surface area contributed by atoms with Gasteiger partial charge in [-0.05, 0) is 49.4 Å². The minimum Gasteiger partial charge on any atom is -0.352 e. The number of nitrogens with one attached hydrogen (secondary N) is 2. The highest BCUT2D eigenvalue weighted by molar-refractivity contribution is 8.03.